The Labute approximate surface area is 120 Å². The van der Waals surface area contributed by atoms with Gasteiger partial charge in [0.25, 0.3) is 0 Å². The standard InChI is InChI=1S/C17H19N3/c1-5-14-6-8-15(9-7-14)20(4)17-16(11-18)12(2)10-13(3)19-17/h6-10H,5H2,1-4H3. The molecule has 0 saturated carbocycles. The molecule has 0 saturated heterocycles. The highest BCUT2D eigenvalue weighted by atomic mass is 15.2. The van der Waals surface area contributed by atoms with Crippen LogP contribution in [0.4, 0.5) is 11.5 Å². The third kappa shape index (κ3) is 2.65. The summed E-state index contributed by atoms with van der Waals surface area (Å²) in [4.78, 5) is 6.50. The van der Waals surface area contributed by atoms with Crippen LogP contribution in [0.25, 0.3) is 0 Å². The largest absolute Gasteiger partial charge is 0.328 e. The molecule has 0 spiro atoms. The first-order valence-electron chi connectivity index (χ1n) is 6.77. The van der Waals surface area contributed by atoms with E-state index in [1.165, 1.54) is 5.56 Å². The van der Waals surface area contributed by atoms with Crippen molar-refractivity contribution in [1.29, 1.82) is 5.26 Å². The van der Waals surface area contributed by atoms with Crippen LogP contribution in [0.3, 0.4) is 0 Å². The number of rotatable bonds is 3. The highest BCUT2D eigenvalue weighted by molar-refractivity contribution is 5.67. The molecule has 3 nitrogen and oxygen atoms in total. The highest BCUT2D eigenvalue weighted by Crippen LogP contribution is 2.27. The number of nitrogens with zero attached hydrogens (tertiary/aromatic N) is 3. The summed E-state index contributed by atoms with van der Waals surface area (Å²) in [5.41, 5.74) is 4.87. The van der Waals surface area contributed by atoms with Gasteiger partial charge in [0.1, 0.15) is 6.07 Å². The lowest BCUT2D eigenvalue weighted by atomic mass is 10.1. The maximum Gasteiger partial charge on any atom is 0.151 e. The number of pyridine rings is 1. The van der Waals surface area contributed by atoms with Crippen LogP contribution in [0.2, 0.25) is 0 Å². The van der Waals surface area contributed by atoms with Crippen LogP contribution in [-0.4, -0.2) is 12.0 Å². The first-order chi connectivity index (χ1) is 9.56. The quantitative estimate of drug-likeness (QED) is 0.845. The van der Waals surface area contributed by atoms with Gasteiger partial charge in [-0.3, -0.25) is 0 Å². The second-order valence-corrected chi connectivity index (χ2v) is 4.97. The van der Waals surface area contributed by atoms with Crippen molar-refractivity contribution in [2.24, 2.45) is 0 Å². The van der Waals surface area contributed by atoms with E-state index in [-0.39, 0.29) is 0 Å². The summed E-state index contributed by atoms with van der Waals surface area (Å²) < 4.78 is 0. The van der Waals surface area contributed by atoms with Gasteiger partial charge in [-0.1, -0.05) is 19.1 Å². The summed E-state index contributed by atoms with van der Waals surface area (Å²) in [6, 6.07) is 12.6. The second-order valence-electron chi connectivity index (χ2n) is 4.97. The minimum Gasteiger partial charge on any atom is -0.328 e. The molecular weight excluding hydrogens is 246 g/mol. The molecule has 3 heteroatoms. The molecule has 0 fully saturated rings. The van der Waals surface area contributed by atoms with Gasteiger partial charge in [0.15, 0.2) is 5.82 Å². The highest BCUT2D eigenvalue weighted by Gasteiger charge is 2.14. The van der Waals surface area contributed by atoms with Crippen LogP contribution in [0.5, 0.6) is 0 Å². The minimum absolute atomic E-state index is 0.637. The van der Waals surface area contributed by atoms with E-state index in [9.17, 15) is 5.26 Å². The number of hydrogen-bond donors (Lipinski definition) is 0. The smallest absolute Gasteiger partial charge is 0.151 e. The van der Waals surface area contributed by atoms with Crippen LogP contribution >= 0.6 is 0 Å². The molecule has 0 atom stereocenters. The number of anilines is 2. The first-order valence-corrected chi connectivity index (χ1v) is 6.77. The normalized spacial score (nSPS) is 10.2. The molecule has 0 N–H and O–H groups in total. The van der Waals surface area contributed by atoms with Crippen molar-refractivity contribution >= 4 is 11.5 Å². The van der Waals surface area contributed by atoms with Gasteiger partial charge in [0.05, 0.1) is 5.56 Å². The van der Waals surface area contributed by atoms with E-state index < -0.39 is 0 Å². The Morgan fingerprint density at radius 2 is 1.85 bits per heavy atom. The molecule has 0 radical (unpaired) electrons. The van der Waals surface area contributed by atoms with Crippen molar-refractivity contribution in [3.63, 3.8) is 0 Å². The van der Waals surface area contributed by atoms with Crippen molar-refractivity contribution in [1.82, 2.24) is 4.98 Å². The van der Waals surface area contributed by atoms with Gasteiger partial charge in [-0.2, -0.15) is 5.26 Å². The Bertz CT molecular complexity index is 651. The lowest BCUT2D eigenvalue weighted by Crippen LogP contribution is -2.14. The van der Waals surface area contributed by atoms with Gasteiger partial charge in [0, 0.05) is 18.4 Å². The summed E-state index contributed by atoms with van der Waals surface area (Å²) in [5, 5.41) is 9.35. The van der Waals surface area contributed by atoms with E-state index in [2.05, 4.69) is 42.2 Å². The molecule has 1 aromatic heterocycles. The predicted octanol–water partition coefficient (Wildman–Crippen LogP) is 3.90. The molecule has 0 bridgehead atoms. The lowest BCUT2D eigenvalue weighted by molar-refractivity contribution is 1.06. The molecule has 0 unspecified atom stereocenters. The fraction of sp³-hybridized carbons (Fsp3) is 0.294. The van der Waals surface area contributed by atoms with Gasteiger partial charge < -0.3 is 4.90 Å². The van der Waals surface area contributed by atoms with Gasteiger partial charge in [-0.15, -0.1) is 0 Å². The Morgan fingerprint density at radius 3 is 2.40 bits per heavy atom. The van der Waals surface area contributed by atoms with Crippen molar-refractivity contribution in [2.75, 3.05) is 11.9 Å². The maximum absolute atomic E-state index is 9.35. The summed E-state index contributed by atoms with van der Waals surface area (Å²) >= 11 is 0. The predicted molar refractivity (Wildman–Crippen MR) is 82.3 cm³/mol. The second kappa shape index (κ2) is 5.75. The van der Waals surface area contributed by atoms with E-state index in [0.29, 0.717) is 11.4 Å². The number of hydrogen-bond acceptors (Lipinski definition) is 3. The van der Waals surface area contributed by atoms with E-state index in [1.54, 1.807) is 0 Å². The Kier molecular flexibility index (Phi) is 4.05. The molecule has 0 aliphatic heterocycles. The van der Waals surface area contributed by atoms with E-state index in [1.807, 2.05) is 31.9 Å². The molecule has 2 rings (SSSR count). The zero-order chi connectivity index (χ0) is 14.7. The zero-order valence-corrected chi connectivity index (χ0v) is 12.4. The van der Waals surface area contributed by atoms with Crippen molar-refractivity contribution in [3.8, 4) is 6.07 Å². The van der Waals surface area contributed by atoms with Crippen LogP contribution < -0.4 is 4.90 Å². The topological polar surface area (TPSA) is 39.9 Å². The molecule has 2 aromatic rings. The van der Waals surface area contributed by atoms with Crippen LogP contribution in [0.15, 0.2) is 30.3 Å². The molecule has 0 amide bonds. The van der Waals surface area contributed by atoms with Crippen LogP contribution in [0.1, 0.15) is 29.3 Å². The van der Waals surface area contributed by atoms with Crippen LogP contribution in [-0.2, 0) is 6.42 Å². The molecule has 1 aromatic carbocycles. The molecule has 0 aliphatic rings. The average Bonchev–Trinajstić information content (AvgIpc) is 2.46. The average molecular weight is 265 g/mol. The number of aryl methyl sites for hydroxylation is 3. The van der Waals surface area contributed by atoms with Crippen molar-refractivity contribution in [2.45, 2.75) is 27.2 Å². The Morgan fingerprint density at radius 1 is 1.20 bits per heavy atom. The Hall–Kier alpha value is -2.34. The number of nitriles is 1. The van der Waals surface area contributed by atoms with Gasteiger partial charge in [-0.05, 0) is 49.6 Å². The zero-order valence-electron chi connectivity index (χ0n) is 12.4. The molecule has 1 heterocycles. The monoisotopic (exact) mass is 265 g/mol. The van der Waals surface area contributed by atoms with Crippen molar-refractivity contribution < 1.29 is 0 Å². The van der Waals surface area contributed by atoms with Crippen molar-refractivity contribution in [3.05, 3.63) is 52.7 Å². The number of aromatic nitrogens is 1. The third-order valence-electron chi connectivity index (χ3n) is 3.49. The van der Waals surface area contributed by atoms with Gasteiger partial charge >= 0.3 is 0 Å². The first kappa shape index (κ1) is 14.1. The fourth-order valence-corrected chi connectivity index (χ4v) is 2.28. The molecule has 0 aliphatic carbocycles. The summed E-state index contributed by atoms with van der Waals surface area (Å²) in [6.07, 6.45) is 1.02. The molecule has 102 valence electrons. The van der Waals surface area contributed by atoms with Gasteiger partial charge in [-0.25, -0.2) is 4.98 Å². The third-order valence-corrected chi connectivity index (χ3v) is 3.49. The number of benzene rings is 1. The molecule has 20 heavy (non-hydrogen) atoms. The maximum atomic E-state index is 9.35. The summed E-state index contributed by atoms with van der Waals surface area (Å²) in [7, 11) is 1.95. The van der Waals surface area contributed by atoms with E-state index in [4.69, 9.17) is 0 Å². The lowest BCUT2D eigenvalue weighted by Gasteiger charge is -2.21. The minimum atomic E-state index is 0.637. The van der Waals surface area contributed by atoms with Crippen LogP contribution in [0, 0.1) is 25.2 Å². The van der Waals surface area contributed by atoms with Gasteiger partial charge in [0.2, 0.25) is 0 Å². The summed E-state index contributed by atoms with van der Waals surface area (Å²) in [5.74, 6) is 0.717. The molecular formula is C17H19N3. The summed E-state index contributed by atoms with van der Waals surface area (Å²) in [6.45, 7) is 6.04. The van der Waals surface area contributed by atoms with E-state index in [0.717, 1.165) is 23.4 Å². The SMILES string of the molecule is CCc1ccc(N(C)c2nc(C)cc(C)c2C#N)cc1. The Balaban J connectivity index is 2.47. The fourth-order valence-electron chi connectivity index (χ4n) is 2.28. The van der Waals surface area contributed by atoms with E-state index >= 15 is 0 Å².